The molecule has 1 N–H and O–H groups in total. The van der Waals surface area contributed by atoms with E-state index in [1.165, 1.54) is 29.5 Å². The summed E-state index contributed by atoms with van der Waals surface area (Å²) in [5, 5.41) is 2.99. The van der Waals surface area contributed by atoms with Crippen LogP contribution >= 0.6 is 0 Å². The van der Waals surface area contributed by atoms with Crippen molar-refractivity contribution in [3.05, 3.63) is 94.5 Å². The molecular formula is C27H29NO2. The Bertz CT molecular complexity index is 1020. The molecule has 0 aromatic heterocycles. The van der Waals surface area contributed by atoms with Crippen molar-refractivity contribution in [2.75, 3.05) is 5.32 Å². The average molecular weight is 400 g/mol. The molecule has 0 heterocycles. The molecule has 4 rings (SSSR count). The first kappa shape index (κ1) is 20.2. The average Bonchev–Trinajstić information content (AvgIpc) is 3.26. The van der Waals surface area contributed by atoms with Crippen LogP contribution in [-0.4, -0.2) is 5.91 Å². The minimum absolute atomic E-state index is 0.106. The van der Waals surface area contributed by atoms with Gasteiger partial charge in [-0.1, -0.05) is 44.2 Å². The molecule has 0 bridgehead atoms. The third-order valence-electron chi connectivity index (χ3n) is 6.01. The Morgan fingerprint density at radius 3 is 2.60 bits per heavy atom. The molecule has 3 aromatic rings. The Hall–Kier alpha value is -3.07. The molecule has 30 heavy (non-hydrogen) atoms. The van der Waals surface area contributed by atoms with Gasteiger partial charge in [0.1, 0.15) is 12.4 Å². The lowest BCUT2D eigenvalue weighted by Crippen LogP contribution is -2.12. The fourth-order valence-electron chi connectivity index (χ4n) is 3.94. The van der Waals surface area contributed by atoms with E-state index < -0.39 is 0 Å². The summed E-state index contributed by atoms with van der Waals surface area (Å²) in [4.78, 5) is 12.7. The normalized spacial score (nSPS) is 13.5. The van der Waals surface area contributed by atoms with Gasteiger partial charge in [0, 0.05) is 11.3 Å². The van der Waals surface area contributed by atoms with E-state index in [9.17, 15) is 4.79 Å². The Morgan fingerprint density at radius 1 is 1.00 bits per heavy atom. The second-order valence-electron chi connectivity index (χ2n) is 8.16. The Morgan fingerprint density at radius 2 is 1.80 bits per heavy atom. The zero-order valence-electron chi connectivity index (χ0n) is 17.8. The van der Waals surface area contributed by atoms with Crippen molar-refractivity contribution in [1.82, 2.24) is 0 Å². The molecular weight excluding hydrogens is 370 g/mol. The Kier molecular flexibility index (Phi) is 6.18. The number of hydrogen-bond acceptors (Lipinski definition) is 2. The number of amides is 1. The summed E-state index contributed by atoms with van der Waals surface area (Å²) >= 11 is 0. The van der Waals surface area contributed by atoms with Crippen LogP contribution in [0.5, 0.6) is 5.75 Å². The van der Waals surface area contributed by atoms with Crippen LogP contribution in [0.3, 0.4) is 0 Å². The number of carbonyl (C=O) groups excluding carboxylic acids is 1. The highest BCUT2D eigenvalue weighted by molar-refractivity contribution is 6.04. The van der Waals surface area contributed by atoms with Crippen LogP contribution in [0, 0.1) is 0 Å². The second-order valence-corrected chi connectivity index (χ2v) is 8.16. The van der Waals surface area contributed by atoms with Crippen molar-refractivity contribution < 1.29 is 9.53 Å². The van der Waals surface area contributed by atoms with Gasteiger partial charge in [-0.15, -0.1) is 0 Å². The molecule has 1 atom stereocenters. The summed E-state index contributed by atoms with van der Waals surface area (Å²) in [5.74, 6) is 1.31. The summed E-state index contributed by atoms with van der Waals surface area (Å²) in [6.07, 6.45) is 4.65. The van der Waals surface area contributed by atoms with E-state index in [0.717, 1.165) is 29.8 Å². The molecule has 0 spiro atoms. The molecule has 1 aliphatic rings. The minimum Gasteiger partial charge on any atom is -0.489 e. The summed E-state index contributed by atoms with van der Waals surface area (Å²) < 4.78 is 5.98. The van der Waals surface area contributed by atoms with Crippen LogP contribution in [0.1, 0.15) is 65.2 Å². The number of ether oxygens (including phenoxy) is 1. The van der Waals surface area contributed by atoms with Crippen LogP contribution < -0.4 is 10.1 Å². The highest BCUT2D eigenvalue weighted by atomic mass is 16.5. The molecule has 0 fully saturated rings. The molecule has 154 valence electrons. The standard InChI is InChI=1S/C27H29NO2/c1-3-19(2)21-10-13-25(14-11-21)28-27(29)24-9-4-6-20(16-24)18-30-26-15-12-22-7-5-8-23(22)17-26/h4,6,9-17,19H,3,5,7-8,18H2,1-2H3,(H,28,29)/t19-/m1/s1. The van der Waals surface area contributed by atoms with Crippen molar-refractivity contribution in [2.45, 2.75) is 52.1 Å². The predicted molar refractivity (Wildman–Crippen MR) is 122 cm³/mol. The maximum Gasteiger partial charge on any atom is 0.255 e. The van der Waals surface area contributed by atoms with Crippen LogP contribution in [0.4, 0.5) is 5.69 Å². The van der Waals surface area contributed by atoms with Crippen molar-refractivity contribution in [3.63, 3.8) is 0 Å². The number of hydrogen-bond donors (Lipinski definition) is 1. The molecule has 0 unspecified atom stereocenters. The largest absolute Gasteiger partial charge is 0.489 e. The zero-order chi connectivity index (χ0) is 20.9. The maximum absolute atomic E-state index is 12.7. The highest BCUT2D eigenvalue weighted by Gasteiger charge is 2.12. The highest BCUT2D eigenvalue weighted by Crippen LogP contribution is 2.26. The predicted octanol–water partition coefficient (Wildman–Crippen LogP) is 6.52. The Labute approximate surface area is 179 Å². The quantitative estimate of drug-likeness (QED) is 0.491. The summed E-state index contributed by atoms with van der Waals surface area (Å²) in [6.45, 7) is 4.84. The van der Waals surface area contributed by atoms with Gasteiger partial charge in [-0.25, -0.2) is 0 Å². The van der Waals surface area contributed by atoms with Crippen molar-refractivity contribution in [2.24, 2.45) is 0 Å². The van der Waals surface area contributed by atoms with E-state index in [1.807, 2.05) is 42.5 Å². The van der Waals surface area contributed by atoms with Crippen molar-refractivity contribution in [3.8, 4) is 5.75 Å². The van der Waals surface area contributed by atoms with E-state index in [0.29, 0.717) is 18.1 Å². The summed E-state index contributed by atoms with van der Waals surface area (Å²) in [6, 6.07) is 22.1. The number of anilines is 1. The number of carbonyl (C=O) groups is 1. The molecule has 0 radical (unpaired) electrons. The molecule has 3 nitrogen and oxygen atoms in total. The van der Waals surface area contributed by atoms with Gasteiger partial charge in [0.15, 0.2) is 0 Å². The van der Waals surface area contributed by atoms with Gasteiger partial charge in [0.25, 0.3) is 5.91 Å². The van der Waals surface area contributed by atoms with E-state index in [4.69, 9.17) is 4.74 Å². The number of rotatable bonds is 7. The number of aryl methyl sites for hydroxylation is 2. The van der Waals surface area contributed by atoms with Crippen LogP contribution in [0.25, 0.3) is 0 Å². The lowest BCUT2D eigenvalue weighted by atomic mass is 9.98. The lowest BCUT2D eigenvalue weighted by molar-refractivity contribution is 0.102. The van der Waals surface area contributed by atoms with Gasteiger partial charge in [-0.05, 0) is 90.3 Å². The number of benzene rings is 3. The van der Waals surface area contributed by atoms with Crippen LogP contribution in [0.2, 0.25) is 0 Å². The molecule has 1 amide bonds. The number of nitrogens with one attached hydrogen (secondary N) is 1. The first-order valence-corrected chi connectivity index (χ1v) is 10.9. The molecule has 0 saturated carbocycles. The molecule has 3 heteroatoms. The van der Waals surface area contributed by atoms with E-state index in [-0.39, 0.29) is 5.91 Å². The van der Waals surface area contributed by atoms with Crippen molar-refractivity contribution >= 4 is 11.6 Å². The van der Waals surface area contributed by atoms with Crippen molar-refractivity contribution in [1.29, 1.82) is 0 Å². The van der Waals surface area contributed by atoms with Gasteiger partial charge in [0.2, 0.25) is 0 Å². The Balaban J connectivity index is 1.38. The summed E-state index contributed by atoms with van der Waals surface area (Å²) in [5.41, 5.74) is 6.57. The first-order valence-electron chi connectivity index (χ1n) is 10.9. The molecule has 0 saturated heterocycles. The van der Waals surface area contributed by atoms with Crippen LogP contribution in [0.15, 0.2) is 66.7 Å². The smallest absolute Gasteiger partial charge is 0.255 e. The van der Waals surface area contributed by atoms with Gasteiger partial charge < -0.3 is 10.1 Å². The molecule has 3 aromatic carbocycles. The fourth-order valence-corrected chi connectivity index (χ4v) is 3.94. The van der Waals surface area contributed by atoms with E-state index in [1.54, 1.807) is 0 Å². The van der Waals surface area contributed by atoms with Gasteiger partial charge in [0.05, 0.1) is 0 Å². The topological polar surface area (TPSA) is 38.3 Å². The third-order valence-corrected chi connectivity index (χ3v) is 6.01. The SMILES string of the molecule is CC[C@@H](C)c1ccc(NC(=O)c2cccc(COc3ccc4c(c3)CCC4)c2)cc1. The molecule has 0 aliphatic heterocycles. The minimum atomic E-state index is -0.106. The van der Waals surface area contributed by atoms with E-state index in [2.05, 4.69) is 43.4 Å². The lowest BCUT2D eigenvalue weighted by Gasteiger charge is -2.11. The summed E-state index contributed by atoms with van der Waals surface area (Å²) in [7, 11) is 0. The first-order chi connectivity index (χ1) is 14.6. The fraction of sp³-hybridized carbons (Fsp3) is 0.296. The van der Waals surface area contributed by atoms with Gasteiger partial charge >= 0.3 is 0 Å². The van der Waals surface area contributed by atoms with E-state index >= 15 is 0 Å². The van der Waals surface area contributed by atoms with Gasteiger partial charge in [-0.3, -0.25) is 4.79 Å². The zero-order valence-corrected chi connectivity index (χ0v) is 17.8. The third kappa shape index (κ3) is 4.73. The van der Waals surface area contributed by atoms with Gasteiger partial charge in [-0.2, -0.15) is 0 Å². The number of fused-ring (bicyclic) bond motifs is 1. The maximum atomic E-state index is 12.7. The molecule has 1 aliphatic carbocycles. The monoisotopic (exact) mass is 399 g/mol. The second kappa shape index (κ2) is 9.17. The van der Waals surface area contributed by atoms with Crippen LogP contribution in [-0.2, 0) is 19.4 Å².